The quantitative estimate of drug-likeness (QED) is 0.599. The van der Waals surface area contributed by atoms with Crippen LogP contribution in [0.2, 0.25) is 0 Å². The van der Waals surface area contributed by atoms with Gasteiger partial charge in [0.2, 0.25) is 0 Å². The Morgan fingerprint density at radius 1 is 1.44 bits per heavy atom. The van der Waals surface area contributed by atoms with Crippen molar-refractivity contribution in [2.45, 2.75) is 33.2 Å². The van der Waals surface area contributed by atoms with Crippen molar-refractivity contribution in [3.05, 3.63) is 35.1 Å². The molecule has 0 aromatic heterocycles. The van der Waals surface area contributed by atoms with Crippen molar-refractivity contribution >= 4 is 5.97 Å². The van der Waals surface area contributed by atoms with Crippen LogP contribution in [0.25, 0.3) is 0 Å². The summed E-state index contributed by atoms with van der Waals surface area (Å²) < 4.78 is 17.8. The monoisotopic (exact) mass is 253 g/mol. The van der Waals surface area contributed by atoms with E-state index >= 15 is 0 Å². The van der Waals surface area contributed by atoms with Gasteiger partial charge in [0, 0.05) is 13.0 Å². The minimum Gasteiger partial charge on any atom is -0.466 e. The summed E-state index contributed by atoms with van der Waals surface area (Å²) in [6.07, 6.45) is 1.15. The number of hydrogen-bond acceptors (Lipinski definition) is 3. The number of esters is 1. The normalized spacial score (nSPS) is 10.4. The van der Waals surface area contributed by atoms with Crippen LogP contribution in [0, 0.1) is 12.7 Å². The number of rotatable bonds is 7. The topological polar surface area (TPSA) is 38.3 Å². The number of carbonyl (C=O) groups is 1. The maximum atomic E-state index is 13.0. The van der Waals surface area contributed by atoms with Gasteiger partial charge in [0.15, 0.2) is 0 Å². The average Bonchev–Trinajstić information content (AvgIpc) is 2.33. The Morgan fingerprint density at radius 2 is 2.22 bits per heavy atom. The van der Waals surface area contributed by atoms with Crippen LogP contribution < -0.4 is 5.32 Å². The number of hydrogen-bond donors (Lipinski definition) is 1. The molecule has 1 rings (SSSR count). The average molecular weight is 253 g/mol. The predicted octanol–water partition coefficient (Wildman–Crippen LogP) is 2.57. The van der Waals surface area contributed by atoms with E-state index in [0.29, 0.717) is 19.6 Å². The van der Waals surface area contributed by atoms with Crippen LogP contribution in [0.5, 0.6) is 0 Å². The minimum absolute atomic E-state index is 0.166. The molecule has 0 spiro atoms. The molecule has 0 radical (unpaired) electrons. The van der Waals surface area contributed by atoms with Crippen LogP contribution in [0.15, 0.2) is 18.2 Å². The highest BCUT2D eigenvalue weighted by Gasteiger charge is 2.02. The highest BCUT2D eigenvalue weighted by molar-refractivity contribution is 5.69. The molecule has 1 N–H and O–H groups in total. The van der Waals surface area contributed by atoms with Crippen molar-refractivity contribution in [3.8, 4) is 0 Å². The van der Waals surface area contributed by atoms with Gasteiger partial charge in [0.05, 0.1) is 6.61 Å². The minimum atomic E-state index is -0.219. The van der Waals surface area contributed by atoms with Crippen LogP contribution in [0.1, 0.15) is 30.9 Å². The van der Waals surface area contributed by atoms with Gasteiger partial charge in [-0.3, -0.25) is 4.79 Å². The molecule has 0 fully saturated rings. The zero-order chi connectivity index (χ0) is 13.4. The third-order valence-electron chi connectivity index (χ3n) is 2.67. The lowest BCUT2D eigenvalue weighted by Gasteiger charge is -2.08. The van der Waals surface area contributed by atoms with Crippen LogP contribution in [0.4, 0.5) is 4.39 Å². The second-order valence-corrected chi connectivity index (χ2v) is 4.16. The van der Waals surface area contributed by atoms with E-state index in [0.717, 1.165) is 24.1 Å². The third-order valence-corrected chi connectivity index (χ3v) is 2.67. The Labute approximate surface area is 107 Å². The van der Waals surface area contributed by atoms with Gasteiger partial charge in [-0.1, -0.05) is 6.07 Å². The largest absolute Gasteiger partial charge is 0.466 e. The molecular formula is C14H20FNO2. The molecule has 0 aliphatic carbocycles. The van der Waals surface area contributed by atoms with E-state index in [-0.39, 0.29) is 11.8 Å². The Balaban J connectivity index is 2.21. The lowest BCUT2D eigenvalue weighted by atomic mass is 10.1. The van der Waals surface area contributed by atoms with E-state index in [9.17, 15) is 9.18 Å². The second-order valence-electron chi connectivity index (χ2n) is 4.16. The summed E-state index contributed by atoms with van der Waals surface area (Å²) in [5.74, 6) is -0.384. The highest BCUT2D eigenvalue weighted by atomic mass is 19.1. The van der Waals surface area contributed by atoms with Gasteiger partial charge >= 0.3 is 5.97 Å². The van der Waals surface area contributed by atoms with Crippen molar-refractivity contribution in [1.29, 1.82) is 0 Å². The summed E-state index contributed by atoms with van der Waals surface area (Å²) in [7, 11) is 0. The summed E-state index contributed by atoms with van der Waals surface area (Å²) in [5, 5.41) is 3.19. The number of benzene rings is 1. The fourth-order valence-corrected chi connectivity index (χ4v) is 1.64. The van der Waals surface area contributed by atoms with Crippen LogP contribution in [-0.2, 0) is 16.1 Å². The molecule has 0 heterocycles. The third kappa shape index (κ3) is 5.27. The molecule has 0 bridgehead atoms. The predicted molar refractivity (Wildman–Crippen MR) is 68.7 cm³/mol. The van der Waals surface area contributed by atoms with E-state index in [1.54, 1.807) is 13.0 Å². The van der Waals surface area contributed by atoms with Gasteiger partial charge in [-0.25, -0.2) is 4.39 Å². The summed E-state index contributed by atoms with van der Waals surface area (Å²) in [6.45, 7) is 5.51. The Morgan fingerprint density at radius 3 is 2.94 bits per heavy atom. The fourth-order valence-electron chi connectivity index (χ4n) is 1.64. The van der Waals surface area contributed by atoms with Crippen molar-refractivity contribution in [1.82, 2.24) is 5.32 Å². The molecule has 0 unspecified atom stereocenters. The Bertz CT molecular complexity index is 393. The molecule has 4 heteroatoms. The molecule has 100 valence electrons. The molecule has 1 aromatic rings. The number of halogens is 1. The Hall–Kier alpha value is -1.42. The number of aryl methyl sites for hydroxylation is 1. The maximum Gasteiger partial charge on any atom is 0.305 e. The smallest absolute Gasteiger partial charge is 0.305 e. The summed E-state index contributed by atoms with van der Waals surface area (Å²) in [5.41, 5.74) is 2.01. The van der Waals surface area contributed by atoms with Gasteiger partial charge in [-0.2, -0.15) is 0 Å². The van der Waals surface area contributed by atoms with Crippen LogP contribution in [0.3, 0.4) is 0 Å². The van der Waals surface area contributed by atoms with E-state index in [1.165, 1.54) is 12.1 Å². The standard InChI is InChI=1S/C14H20FNO2/c1-3-18-14(17)5-4-8-16-10-12-9-13(15)7-6-11(12)2/h6-7,9,16H,3-5,8,10H2,1-2H3. The molecule has 0 atom stereocenters. The molecule has 0 saturated heterocycles. The molecule has 0 aliphatic rings. The number of ether oxygens (including phenoxy) is 1. The molecule has 0 amide bonds. The first-order chi connectivity index (χ1) is 8.63. The van der Waals surface area contributed by atoms with E-state index in [4.69, 9.17) is 4.74 Å². The van der Waals surface area contributed by atoms with Crippen LogP contribution >= 0.6 is 0 Å². The van der Waals surface area contributed by atoms with E-state index in [1.807, 2.05) is 6.92 Å². The number of carbonyl (C=O) groups excluding carboxylic acids is 1. The van der Waals surface area contributed by atoms with Gasteiger partial charge in [0.1, 0.15) is 5.82 Å². The molecule has 0 aliphatic heterocycles. The summed E-state index contributed by atoms with van der Waals surface area (Å²) >= 11 is 0. The first-order valence-corrected chi connectivity index (χ1v) is 6.25. The molecule has 1 aromatic carbocycles. The van der Waals surface area contributed by atoms with Gasteiger partial charge in [-0.05, 0) is 50.1 Å². The molecule has 18 heavy (non-hydrogen) atoms. The summed E-state index contributed by atoms with van der Waals surface area (Å²) in [6, 6.07) is 4.76. The van der Waals surface area contributed by atoms with Crippen LogP contribution in [-0.4, -0.2) is 19.1 Å². The van der Waals surface area contributed by atoms with Crippen molar-refractivity contribution in [2.75, 3.05) is 13.2 Å². The molecule has 3 nitrogen and oxygen atoms in total. The molecule has 0 saturated carbocycles. The number of nitrogens with one attached hydrogen (secondary N) is 1. The fraction of sp³-hybridized carbons (Fsp3) is 0.500. The first kappa shape index (κ1) is 14.6. The molecular weight excluding hydrogens is 233 g/mol. The van der Waals surface area contributed by atoms with Crippen molar-refractivity contribution in [2.24, 2.45) is 0 Å². The lowest BCUT2D eigenvalue weighted by Crippen LogP contribution is -2.17. The van der Waals surface area contributed by atoms with Crippen molar-refractivity contribution in [3.63, 3.8) is 0 Å². The first-order valence-electron chi connectivity index (χ1n) is 6.25. The van der Waals surface area contributed by atoms with Gasteiger partial charge in [-0.15, -0.1) is 0 Å². The Kier molecular flexibility index (Phi) is 6.36. The second kappa shape index (κ2) is 7.82. The van der Waals surface area contributed by atoms with E-state index < -0.39 is 0 Å². The maximum absolute atomic E-state index is 13.0. The lowest BCUT2D eigenvalue weighted by molar-refractivity contribution is -0.143. The SMILES string of the molecule is CCOC(=O)CCCNCc1cc(F)ccc1C. The van der Waals surface area contributed by atoms with E-state index in [2.05, 4.69) is 5.32 Å². The highest BCUT2D eigenvalue weighted by Crippen LogP contribution is 2.09. The zero-order valence-corrected chi connectivity index (χ0v) is 11.0. The van der Waals surface area contributed by atoms with Crippen molar-refractivity contribution < 1.29 is 13.9 Å². The van der Waals surface area contributed by atoms with Gasteiger partial charge in [0.25, 0.3) is 0 Å². The van der Waals surface area contributed by atoms with Gasteiger partial charge < -0.3 is 10.1 Å². The summed E-state index contributed by atoms with van der Waals surface area (Å²) in [4.78, 5) is 11.1. The zero-order valence-electron chi connectivity index (χ0n) is 11.0.